The predicted octanol–water partition coefficient (Wildman–Crippen LogP) is 5.44. The molecule has 45 heavy (non-hydrogen) atoms. The lowest BCUT2D eigenvalue weighted by Crippen LogP contribution is -2.43. The second-order valence-corrected chi connectivity index (χ2v) is 13.5. The molecule has 9 nitrogen and oxygen atoms in total. The summed E-state index contributed by atoms with van der Waals surface area (Å²) in [5.74, 6) is 0.215. The standard InChI is InChI=1S/C34H34F2N6O3.H2/c35-23-14-33(10-4-11-42(33)17-23)19-45-31-38-29-25-15-37-28(27(29)36)24-9-2-7-20-5-1-6-21(26(20)24)8-3-12-44-32(43)40-34-13-22(34)16-41(18-34)30(25)39-31;/h1-2,5-7,9,15,22-23H,3-4,8,10-14,16-19H2,(H,40,43);1H/t22-,23-,33+,34-;/m1./s1. The molecule has 2 aromatic carbocycles. The third kappa shape index (κ3) is 4.34. The van der Waals surface area contributed by atoms with Gasteiger partial charge in [0.15, 0.2) is 5.82 Å². The highest BCUT2D eigenvalue weighted by Crippen LogP contribution is 2.51. The van der Waals surface area contributed by atoms with Gasteiger partial charge in [0.2, 0.25) is 0 Å². The lowest BCUT2D eigenvalue weighted by atomic mass is 9.94. The molecule has 3 saturated heterocycles. The number of nitrogens with one attached hydrogen (secondary N) is 1. The molecule has 5 aliphatic heterocycles. The fourth-order valence-corrected chi connectivity index (χ4v) is 8.49. The van der Waals surface area contributed by atoms with Gasteiger partial charge in [-0.25, -0.2) is 13.6 Å². The van der Waals surface area contributed by atoms with Gasteiger partial charge in [-0.1, -0.05) is 36.4 Å². The first-order valence-electron chi connectivity index (χ1n) is 16.0. The Morgan fingerprint density at radius 2 is 2.02 bits per heavy atom. The molecule has 0 unspecified atom stereocenters. The number of carbonyl (C=O) groups excluding carboxylic acids is 1. The maximum atomic E-state index is 16.8. The van der Waals surface area contributed by atoms with Crippen molar-refractivity contribution >= 4 is 33.6 Å². The van der Waals surface area contributed by atoms with Gasteiger partial charge in [-0.2, -0.15) is 9.97 Å². The fourth-order valence-electron chi connectivity index (χ4n) is 8.49. The van der Waals surface area contributed by atoms with E-state index in [9.17, 15) is 9.18 Å². The summed E-state index contributed by atoms with van der Waals surface area (Å²) in [6.07, 6.45) is 4.74. The van der Waals surface area contributed by atoms with E-state index < -0.39 is 29.2 Å². The first-order valence-corrected chi connectivity index (χ1v) is 16.0. The van der Waals surface area contributed by atoms with E-state index in [2.05, 4.69) is 20.1 Å². The predicted molar refractivity (Wildman–Crippen MR) is 167 cm³/mol. The normalized spacial score (nSPS) is 29.1. The average molecular weight is 615 g/mol. The molecule has 4 aromatic rings. The number of anilines is 1. The van der Waals surface area contributed by atoms with Crippen molar-refractivity contribution in [3.05, 3.63) is 54.0 Å². The number of amides is 1. The third-order valence-electron chi connectivity index (χ3n) is 10.7. The zero-order valence-corrected chi connectivity index (χ0v) is 24.9. The Hall–Kier alpha value is -4.12. The number of aryl methyl sites for hydroxylation is 1. The largest absolute Gasteiger partial charge is 0.461 e. The lowest BCUT2D eigenvalue weighted by Gasteiger charge is -2.31. The van der Waals surface area contributed by atoms with Crippen LogP contribution in [0.4, 0.5) is 19.4 Å². The summed E-state index contributed by atoms with van der Waals surface area (Å²) in [6, 6.07) is 11.9. The van der Waals surface area contributed by atoms with Crippen LogP contribution in [0.15, 0.2) is 42.6 Å². The topological polar surface area (TPSA) is 92.7 Å². The number of aromatic nitrogens is 3. The van der Waals surface area contributed by atoms with Crippen molar-refractivity contribution in [3.8, 4) is 17.3 Å². The molecule has 1 spiro atoms. The van der Waals surface area contributed by atoms with E-state index in [1.54, 1.807) is 6.20 Å². The number of ether oxygens (including phenoxy) is 2. The van der Waals surface area contributed by atoms with Crippen molar-refractivity contribution < 1.29 is 24.5 Å². The van der Waals surface area contributed by atoms with Gasteiger partial charge in [0.25, 0.3) is 0 Å². The summed E-state index contributed by atoms with van der Waals surface area (Å²) < 4.78 is 43.2. The van der Waals surface area contributed by atoms with E-state index in [-0.39, 0.29) is 37.8 Å². The first kappa shape index (κ1) is 27.2. The number of benzene rings is 2. The van der Waals surface area contributed by atoms with E-state index in [0.717, 1.165) is 42.1 Å². The number of piperidine rings is 1. The number of rotatable bonds is 3. The molecule has 6 aliphatic rings. The van der Waals surface area contributed by atoms with Gasteiger partial charge in [0.05, 0.1) is 23.1 Å². The molecule has 6 bridgehead atoms. The van der Waals surface area contributed by atoms with Gasteiger partial charge in [-0.3, -0.25) is 9.88 Å². The van der Waals surface area contributed by atoms with Gasteiger partial charge in [0, 0.05) is 45.2 Å². The van der Waals surface area contributed by atoms with Crippen LogP contribution in [-0.2, 0) is 11.2 Å². The molecule has 10 rings (SSSR count). The number of halogens is 2. The van der Waals surface area contributed by atoms with Crippen molar-refractivity contribution in [1.29, 1.82) is 0 Å². The Morgan fingerprint density at radius 1 is 1.13 bits per heavy atom. The summed E-state index contributed by atoms with van der Waals surface area (Å²) in [7, 11) is 0. The molecule has 1 aliphatic carbocycles. The average Bonchev–Trinajstić information content (AvgIpc) is 3.27. The molecule has 1 N–H and O–H groups in total. The molecule has 11 heteroatoms. The Kier molecular flexibility index (Phi) is 6.01. The van der Waals surface area contributed by atoms with E-state index in [4.69, 9.17) is 19.4 Å². The Labute approximate surface area is 260 Å². The maximum Gasteiger partial charge on any atom is 0.407 e. The monoisotopic (exact) mass is 614 g/mol. The summed E-state index contributed by atoms with van der Waals surface area (Å²) in [4.78, 5) is 31.3. The number of hydrogen-bond donors (Lipinski definition) is 1. The summed E-state index contributed by atoms with van der Waals surface area (Å²) in [6.45, 7) is 2.93. The molecular formula is C34H36F2N6O3. The van der Waals surface area contributed by atoms with Crippen molar-refractivity contribution in [3.63, 3.8) is 0 Å². The zero-order valence-electron chi connectivity index (χ0n) is 24.9. The number of pyridine rings is 1. The first-order chi connectivity index (χ1) is 21.9. The van der Waals surface area contributed by atoms with Crippen LogP contribution in [0, 0.1) is 11.7 Å². The van der Waals surface area contributed by atoms with E-state index >= 15 is 4.39 Å². The van der Waals surface area contributed by atoms with Gasteiger partial charge in [-0.05, 0) is 55.0 Å². The maximum absolute atomic E-state index is 16.8. The molecule has 4 atom stereocenters. The minimum Gasteiger partial charge on any atom is -0.461 e. The van der Waals surface area contributed by atoms with Gasteiger partial charge < -0.3 is 19.7 Å². The smallest absolute Gasteiger partial charge is 0.407 e. The van der Waals surface area contributed by atoms with Crippen molar-refractivity contribution in [2.75, 3.05) is 44.3 Å². The van der Waals surface area contributed by atoms with Crippen molar-refractivity contribution in [2.24, 2.45) is 5.92 Å². The van der Waals surface area contributed by atoms with E-state index in [1.807, 2.05) is 36.4 Å². The highest BCUT2D eigenvalue weighted by atomic mass is 19.1. The number of fused-ring (bicyclic) bond motifs is 7. The van der Waals surface area contributed by atoms with Crippen LogP contribution in [0.5, 0.6) is 6.01 Å². The summed E-state index contributed by atoms with van der Waals surface area (Å²) in [5, 5.41) is 5.49. The van der Waals surface area contributed by atoms with E-state index in [0.29, 0.717) is 55.7 Å². The van der Waals surface area contributed by atoms with Crippen LogP contribution in [0.25, 0.3) is 32.9 Å². The Balaban J connectivity index is 0.00000312. The SMILES string of the molecule is O=C1N[C@@]23C[C@@H]2CN(C3)c2nc(OC[C@@]34CCCN3C[C@H](F)C4)nc3c(F)c(ncc23)-c2cccc3cccc(c23)CCCO1.[HH]. The van der Waals surface area contributed by atoms with Gasteiger partial charge >= 0.3 is 12.1 Å². The number of carbonyl (C=O) groups is 1. The number of alkyl halides is 1. The second kappa shape index (κ2) is 9.94. The number of hydrogen-bond acceptors (Lipinski definition) is 8. The minimum absolute atomic E-state index is 0. The molecule has 234 valence electrons. The van der Waals surface area contributed by atoms with Crippen LogP contribution in [-0.4, -0.2) is 82.6 Å². The van der Waals surface area contributed by atoms with Crippen LogP contribution in [0.2, 0.25) is 0 Å². The van der Waals surface area contributed by atoms with Crippen LogP contribution in [0.3, 0.4) is 0 Å². The highest BCUT2D eigenvalue weighted by molar-refractivity contribution is 6.00. The zero-order chi connectivity index (χ0) is 30.3. The third-order valence-corrected chi connectivity index (χ3v) is 10.7. The molecule has 1 saturated carbocycles. The van der Waals surface area contributed by atoms with Crippen molar-refractivity contribution in [1.82, 2.24) is 25.2 Å². The quantitative estimate of drug-likeness (QED) is 0.327. The van der Waals surface area contributed by atoms with E-state index in [1.165, 1.54) is 0 Å². The molecule has 4 fully saturated rings. The lowest BCUT2D eigenvalue weighted by molar-refractivity contribution is 0.107. The van der Waals surface area contributed by atoms with Crippen molar-refractivity contribution in [2.45, 2.75) is 55.8 Å². The fraction of sp³-hybridized carbons (Fsp3) is 0.471. The highest BCUT2D eigenvalue weighted by Gasteiger charge is 2.62. The van der Waals surface area contributed by atoms with Crippen LogP contribution < -0.4 is 15.0 Å². The van der Waals surface area contributed by atoms with Gasteiger partial charge in [-0.15, -0.1) is 0 Å². The molecule has 2 aromatic heterocycles. The minimum atomic E-state index is -0.888. The number of nitrogens with zero attached hydrogens (tertiary/aromatic N) is 5. The molecule has 1 amide bonds. The summed E-state index contributed by atoms with van der Waals surface area (Å²) >= 11 is 0. The Morgan fingerprint density at radius 3 is 2.93 bits per heavy atom. The second-order valence-electron chi connectivity index (χ2n) is 13.5. The summed E-state index contributed by atoms with van der Waals surface area (Å²) in [5.41, 5.74) is 1.24. The van der Waals surface area contributed by atoms with Gasteiger partial charge in [0.1, 0.15) is 29.8 Å². The molecule has 7 heterocycles. The van der Waals surface area contributed by atoms with Crippen LogP contribution >= 0.6 is 0 Å². The number of alkyl carbamates (subject to hydrolysis) is 1. The Bertz CT molecular complexity index is 1880. The molecular weight excluding hydrogens is 578 g/mol. The van der Waals surface area contributed by atoms with Crippen LogP contribution in [0.1, 0.15) is 39.1 Å². The molecule has 0 radical (unpaired) electrons.